The number of fused-ring (bicyclic) bond motifs is 1. The van der Waals surface area contributed by atoms with Crippen molar-refractivity contribution in [3.05, 3.63) is 28.2 Å². The maximum Gasteiger partial charge on any atom is 0.227 e. The molecule has 0 unspecified atom stereocenters. The van der Waals surface area contributed by atoms with Crippen LogP contribution in [-0.2, 0) is 4.79 Å². The van der Waals surface area contributed by atoms with Crippen LogP contribution in [0.5, 0.6) is 0 Å². The molecular formula is C17H19Cl2NO. The summed E-state index contributed by atoms with van der Waals surface area (Å²) in [6, 6.07) is 5.22. The van der Waals surface area contributed by atoms with Crippen molar-refractivity contribution in [2.45, 2.75) is 32.1 Å². The van der Waals surface area contributed by atoms with Gasteiger partial charge in [0.05, 0.1) is 10.7 Å². The van der Waals surface area contributed by atoms with E-state index in [1.165, 1.54) is 25.7 Å². The summed E-state index contributed by atoms with van der Waals surface area (Å²) in [5.41, 5.74) is 0.678. The van der Waals surface area contributed by atoms with Gasteiger partial charge in [0, 0.05) is 10.9 Å². The van der Waals surface area contributed by atoms with E-state index in [0.717, 1.165) is 24.2 Å². The quantitative estimate of drug-likeness (QED) is 0.814. The molecule has 0 aromatic heterocycles. The molecule has 3 aliphatic rings. The number of carbonyl (C=O) groups excluding carboxylic acids is 1. The van der Waals surface area contributed by atoms with E-state index in [2.05, 4.69) is 5.32 Å². The summed E-state index contributed by atoms with van der Waals surface area (Å²) in [4.78, 5) is 12.7. The number of hydrogen-bond donors (Lipinski definition) is 1. The van der Waals surface area contributed by atoms with Gasteiger partial charge in [0.25, 0.3) is 0 Å². The first kappa shape index (κ1) is 13.9. The zero-order valence-electron chi connectivity index (χ0n) is 11.8. The van der Waals surface area contributed by atoms with Crippen molar-refractivity contribution < 1.29 is 4.79 Å². The van der Waals surface area contributed by atoms with E-state index >= 15 is 0 Å². The molecule has 4 rings (SSSR count). The Morgan fingerprint density at radius 1 is 1.10 bits per heavy atom. The minimum Gasteiger partial charge on any atom is -0.325 e. The monoisotopic (exact) mass is 323 g/mol. The molecule has 1 aromatic rings. The molecule has 5 atom stereocenters. The van der Waals surface area contributed by atoms with Gasteiger partial charge in [-0.25, -0.2) is 0 Å². The average Bonchev–Trinajstić information content (AvgIpc) is 2.93. The fourth-order valence-corrected chi connectivity index (χ4v) is 5.52. The van der Waals surface area contributed by atoms with Crippen molar-refractivity contribution in [2.24, 2.45) is 29.6 Å². The van der Waals surface area contributed by atoms with Crippen LogP contribution in [0.1, 0.15) is 32.1 Å². The molecule has 0 heterocycles. The van der Waals surface area contributed by atoms with Crippen LogP contribution < -0.4 is 5.32 Å². The van der Waals surface area contributed by atoms with E-state index in [4.69, 9.17) is 23.2 Å². The Balaban J connectivity index is 1.50. The molecule has 0 spiro atoms. The van der Waals surface area contributed by atoms with Crippen LogP contribution in [0.4, 0.5) is 5.69 Å². The lowest BCUT2D eigenvalue weighted by atomic mass is 9.76. The second kappa shape index (κ2) is 5.17. The molecule has 0 aliphatic heterocycles. The Labute approximate surface area is 135 Å². The summed E-state index contributed by atoms with van der Waals surface area (Å²) in [7, 11) is 0. The van der Waals surface area contributed by atoms with Crippen LogP contribution in [0, 0.1) is 29.6 Å². The fraction of sp³-hybridized carbons (Fsp3) is 0.588. The van der Waals surface area contributed by atoms with Crippen molar-refractivity contribution >= 4 is 34.8 Å². The smallest absolute Gasteiger partial charge is 0.227 e. The molecule has 1 amide bonds. The first-order valence-electron chi connectivity index (χ1n) is 7.87. The van der Waals surface area contributed by atoms with Gasteiger partial charge in [0.2, 0.25) is 5.91 Å². The normalized spacial score (nSPS) is 36.8. The first-order chi connectivity index (χ1) is 10.1. The van der Waals surface area contributed by atoms with E-state index in [0.29, 0.717) is 21.7 Å². The Kier molecular flexibility index (Phi) is 3.42. The van der Waals surface area contributed by atoms with E-state index < -0.39 is 0 Å². The largest absolute Gasteiger partial charge is 0.325 e. The van der Waals surface area contributed by atoms with Crippen LogP contribution >= 0.6 is 23.2 Å². The topological polar surface area (TPSA) is 29.1 Å². The van der Waals surface area contributed by atoms with Gasteiger partial charge in [0.15, 0.2) is 0 Å². The lowest BCUT2D eigenvalue weighted by molar-refractivity contribution is -0.121. The number of rotatable bonds is 2. The molecule has 3 saturated carbocycles. The zero-order valence-corrected chi connectivity index (χ0v) is 13.3. The molecule has 1 aromatic carbocycles. The van der Waals surface area contributed by atoms with Crippen LogP contribution in [0.3, 0.4) is 0 Å². The number of carbonyl (C=O) groups is 1. The van der Waals surface area contributed by atoms with Gasteiger partial charge < -0.3 is 5.32 Å². The third-order valence-electron chi connectivity index (χ3n) is 5.90. The van der Waals surface area contributed by atoms with E-state index in [1.807, 2.05) is 0 Å². The SMILES string of the molecule is O=C(Nc1ccc(Cl)cc1Cl)[C@@H]1C[C@@H]2C[C@@H]3CC[C@@H]1[C@@H]2C3. The predicted molar refractivity (Wildman–Crippen MR) is 85.6 cm³/mol. The Bertz CT molecular complexity index is 586. The van der Waals surface area contributed by atoms with Gasteiger partial charge in [-0.3, -0.25) is 4.79 Å². The number of benzene rings is 1. The van der Waals surface area contributed by atoms with Crippen molar-refractivity contribution in [3.8, 4) is 0 Å². The minimum absolute atomic E-state index is 0.150. The summed E-state index contributed by atoms with van der Waals surface area (Å²) < 4.78 is 0. The van der Waals surface area contributed by atoms with Crippen molar-refractivity contribution in [1.29, 1.82) is 0 Å². The second-order valence-electron chi connectivity index (χ2n) is 6.96. The standard InChI is InChI=1S/C17H19Cl2NO/c18-11-2-4-16(15(19)8-11)20-17(21)14-7-10-5-9-1-3-12(14)13(10)6-9/h2,4,8-10,12-14H,1,3,5-7H2,(H,20,21)/t9-,10-,12+,13+,14+/m0/s1. The van der Waals surface area contributed by atoms with Gasteiger partial charge in [-0.15, -0.1) is 0 Å². The number of anilines is 1. The summed E-state index contributed by atoms with van der Waals surface area (Å²) in [5, 5.41) is 4.12. The van der Waals surface area contributed by atoms with Crippen LogP contribution in [0.25, 0.3) is 0 Å². The number of halogens is 2. The molecule has 21 heavy (non-hydrogen) atoms. The van der Waals surface area contributed by atoms with E-state index in [1.54, 1.807) is 18.2 Å². The maximum absolute atomic E-state index is 12.7. The van der Waals surface area contributed by atoms with Crippen LogP contribution in [0.15, 0.2) is 18.2 Å². The Morgan fingerprint density at radius 2 is 1.95 bits per heavy atom. The van der Waals surface area contributed by atoms with E-state index in [9.17, 15) is 4.79 Å². The van der Waals surface area contributed by atoms with Crippen molar-refractivity contribution in [1.82, 2.24) is 0 Å². The minimum atomic E-state index is 0.150. The summed E-state index contributed by atoms with van der Waals surface area (Å²) in [5.74, 6) is 3.47. The number of amides is 1. The van der Waals surface area contributed by atoms with E-state index in [-0.39, 0.29) is 11.8 Å². The highest BCUT2D eigenvalue weighted by atomic mass is 35.5. The lowest BCUT2D eigenvalue weighted by Crippen LogP contribution is -2.30. The highest BCUT2D eigenvalue weighted by Crippen LogP contribution is 2.59. The third-order valence-corrected chi connectivity index (χ3v) is 6.45. The average molecular weight is 324 g/mol. The van der Waals surface area contributed by atoms with Gasteiger partial charge in [-0.05, 0) is 67.6 Å². The third kappa shape index (κ3) is 2.37. The predicted octanol–water partition coefficient (Wildman–Crippen LogP) is 5.00. The Hall–Kier alpha value is -0.730. The molecule has 0 radical (unpaired) electrons. The van der Waals surface area contributed by atoms with Crippen LogP contribution in [0.2, 0.25) is 10.0 Å². The second-order valence-corrected chi connectivity index (χ2v) is 7.80. The zero-order chi connectivity index (χ0) is 14.6. The number of nitrogens with one attached hydrogen (secondary N) is 1. The fourth-order valence-electron chi connectivity index (χ4n) is 5.07. The van der Waals surface area contributed by atoms with Crippen molar-refractivity contribution in [2.75, 3.05) is 5.32 Å². The van der Waals surface area contributed by atoms with Crippen molar-refractivity contribution in [3.63, 3.8) is 0 Å². The van der Waals surface area contributed by atoms with Crippen LogP contribution in [-0.4, -0.2) is 5.91 Å². The summed E-state index contributed by atoms with van der Waals surface area (Å²) in [6.07, 6.45) is 6.34. The lowest BCUT2D eigenvalue weighted by Gasteiger charge is -2.29. The van der Waals surface area contributed by atoms with Gasteiger partial charge in [-0.1, -0.05) is 29.6 Å². The molecule has 3 aliphatic carbocycles. The maximum atomic E-state index is 12.7. The Morgan fingerprint density at radius 3 is 2.76 bits per heavy atom. The highest BCUT2D eigenvalue weighted by molar-refractivity contribution is 6.36. The molecule has 112 valence electrons. The molecule has 0 saturated heterocycles. The molecule has 2 nitrogen and oxygen atoms in total. The molecule has 2 bridgehead atoms. The molecule has 1 N–H and O–H groups in total. The first-order valence-corrected chi connectivity index (χ1v) is 8.63. The van der Waals surface area contributed by atoms with Gasteiger partial charge in [-0.2, -0.15) is 0 Å². The molecule has 4 heteroatoms. The highest BCUT2D eigenvalue weighted by Gasteiger charge is 2.52. The summed E-state index contributed by atoms with van der Waals surface area (Å²) in [6.45, 7) is 0. The number of hydrogen-bond acceptors (Lipinski definition) is 1. The molecular weight excluding hydrogens is 305 g/mol. The van der Waals surface area contributed by atoms with Gasteiger partial charge >= 0.3 is 0 Å². The summed E-state index contributed by atoms with van der Waals surface area (Å²) >= 11 is 12.1. The molecule has 3 fully saturated rings. The van der Waals surface area contributed by atoms with Gasteiger partial charge in [0.1, 0.15) is 0 Å².